The maximum Gasteiger partial charge on any atom is 0.335 e. The Labute approximate surface area is 119 Å². The minimum Gasteiger partial charge on any atom is -0.492 e. The van der Waals surface area contributed by atoms with Gasteiger partial charge in [0.05, 0.1) is 17.2 Å². The van der Waals surface area contributed by atoms with Crippen LogP contribution in [0.25, 0.3) is 0 Å². The molecule has 0 bridgehead atoms. The zero-order chi connectivity index (χ0) is 14.1. The van der Waals surface area contributed by atoms with Crippen molar-refractivity contribution in [2.45, 2.75) is 45.4 Å². The van der Waals surface area contributed by atoms with Crippen LogP contribution in [0.2, 0.25) is 5.02 Å². The van der Waals surface area contributed by atoms with Crippen molar-refractivity contribution < 1.29 is 14.6 Å². The maximum atomic E-state index is 10.8. The van der Waals surface area contributed by atoms with Crippen LogP contribution >= 0.6 is 11.6 Å². The summed E-state index contributed by atoms with van der Waals surface area (Å²) in [6, 6.07) is 4.54. The van der Waals surface area contributed by atoms with E-state index in [2.05, 4.69) is 6.92 Å². The Morgan fingerprint density at radius 1 is 1.21 bits per heavy atom. The fourth-order valence-electron chi connectivity index (χ4n) is 1.82. The van der Waals surface area contributed by atoms with E-state index in [1.165, 1.54) is 37.8 Å². The van der Waals surface area contributed by atoms with E-state index < -0.39 is 5.97 Å². The second-order valence-electron chi connectivity index (χ2n) is 4.57. The SMILES string of the molecule is CCCCCCCCOc1ccc(C(=O)O)cc1Cl. The van der Waals surface area contributed by atoms with Crippen LogP contribution in [0.4, 0.5) is 0 Å². The Kier molecular flexibility index (Phi) is 7.34. The third-order valence-corrected chi connectivity index (χ3v) is 3.23. The summed E-state index contributed by atoms with van der Waals surface area (Å²) in [5, 5.41) is 9.17. The van der Waals surface area contributed by atoms with Crippen LogP contribution < -0.4 is 4.74 Å². The second-order valence-corrected chi connectivity index (χ2v) is 4.97. The van der Waals surface area contributed by atoms with E-state index in [0.717, 1.165) is 12.8 Å². The van der Waals surface area contributed by atoms with Gasteiger partial charge < -0.3 is 9.84 Å². The number of ether oxygens (including phenoxy) is 1. The summed E-state index contributed by atoms with van der Waals surface area (Å²) in [6.45, 7) is 2.82. The zero-order valence-electron chi connectivity index (χ0n) is 11.3. The summed E-state index contributed by atoms with van der Waals surface area (Å²) < 4.78 is 5.55. The number of carboxylic acid groups (broad SMARTS) is 1. The van der Waals surface area contributed by atoms with Gasteiger partial charge in [0.2, 0.25) is 0 Å². The van der Waals surface area contributed by atoms with Crippen LogP contribution in [0.15, 0.2) is 18.2 Å². The Morgan fingerprint density at radius 2 is 1.89 bits per heavy atom. The van der Waals surface area contributed by atoms with Crippen molar-refractivity contribution >= 4 is 17.6 Å². The van der Waals surface area contributed by atoms with Gasteiger partial charge in [-0.1, -0.05) is 50.6 Å². The lowest BCUT2D eigenvalue weighted by Crippen LogP contribution is -2.00. The number of benzene rings is 1. The Hall–Kier alpha value is -1.22. The van der Waals surface area contributed by atoms with Crippen molar-refractivity contribution in [3.63, 3.8) is 0 Å². The van der Waals surface area contributed by atoms with Crippen LogP contribution in [0.3, 0.4) is 0 Å². The molecule has 0 aliphatic heterocycles. The summed E-state index contributed by atoms with van der Waals surface area (Å²) in [7, 11) is 0. The van der Waals surface area contributed by atoms with Gasteiger partial charge in [-0.15, -0.1) is 0 Å². The summed E-state index contributed by atoms with van der Waals surface area (Å²) in [4.78, 5) is 10.8. The van der Waals surface area contributed by atoms with Gasteiger partial charge in [0.25, 0.3) is 0 Å². The number of hydrogen-bond donors (Lipinski definition) is 1. The Bertz CT molecular complexity index is 404. The summed E-state index contributed by atoms with van der Waals surface area (Å²) in [5.74, 6) is -0.426. The molecule has 0 aromatic heterocycles. The standard InChI is InChI=1S/C15H21ClO3/c1-2-3-4-5-6-7-10-19-14-9-8-12(15(17)18)11-13(14)16/h8-9,11H,2-7,10H2,1H3,(H,17,18). The van der Waals surface area contributed by atoms with E-state index in [-0.39, 0.29) is 5.56 Å². The van der Waals surface area contributed by atoms with Crippen molar-refractivity contribution in [1.29, 1.82) is 0 Å². The normalized spacial score (nSPS) is 10.4. The molecule has 0 heterocycles. The summed E-state index contributed by atoms with van der Waals surface area (Å²) in [6.07, 6.45) is 7.23. The van der Waals surface area contributed by atoms with Gasteiger partial charge in [-0.25, -0.2) is 4.79 Å². The molecule has 19 heavy (non-hydrogen) atoms. The lowest BCUT2D eigenvalue weighted by molar-refractivity contribution is 0.0697. The molecule has 4 heteroatoms. The highest BCUT2D eigenvalue weighted by atomic mass is 35.5. The topological polar surface area (TPSA) is 46.5 Å². The fraction of sp³-hybridized carbons (Fsp3) is 0.533. The molecule has 0 spiro atoms. The number of halogens is 1. The monoisotopic (exact) mass is 284 g/mol. The molecule has 0 aliphatic rings. The Balaban J connectivity index is 2.28. The van der Waals surface area contributed by atoms with Gasteiger partial charge in [0, 0.05) is 0 Å². The van der Waals surface area contributed by atoms with Crippen LogP contribution in [-0.4, -0.2) is 17.7 Å². The number of carboxylic acids is 1. The van der Waals surface area contributed by atoms with Gasteiger partial charge in [0.1, 0.15) is 5.75 Å². The molecule has 3 nitrogen and oxygen atoms in total. The summed E-state index contributed by atoms with van der Waals surface area (Å²) >= 11 is 5.97. The first-order chi connectivity index (χ1) is 9.15. The quantitative estimate of drug-likeness (QED) is 0.664. The van der Waals surface area contributed by atoms with Crippen molar-refractivity contribution in [2.75, 3.05) is 6.61 Å². The molecule has 1 rings (SSSR count). The highest BCUT2D eigenvalue weighted by Gasteiger charge is 2.07. The predicted octanol–water partition coefficient (Wildman–Crippen LogP) is 4.78. The van der Waals surface area contributed by atoms with Crippen molar-refractivity contribution in [3.8, 4) is 5.75 Å². The Morgan fingerprint density at radius 3 is 2.53 bits per heavy atom. The number of hydrogen-bond acceptors (Lipinski definition) is 2. The van der Waals surface area contributed by atoms with Gasteiger partial charge in [-0.2, -0.15) is 0 Å². The molecule has 0 saturated heterocycles. The molecule has 1 N–H and O–H groups in total. The van der Waals surface area contributed by atoms with E-state index in [1.807, 2.05) is 0 Å². The molecule has 0 unspecified atom stereocenters. The average Bonchev–Trinajstić information content (AvgIpc) is 2.39. The number of aromatic carboxylic acids is 1. The van der Waals surface area contributed by atoms with E-state index in [4.69, 9.17) is 21.4 Å². The van der Waals surface area contributed by atoms with Crippen molar-refractivity contribution in [2.24, 2.45) is 0 Å². The van der Waals surface area contributed by atoms with Gasteiger partial charge in [-0.05, 0) is 24.6 Å². The predicted molar refractivity (Wildman–Crippen MR) is 77.3 cm³/mol. The average molecular weight is 285 g/mol. The lowest BCUT2D eigenvalue weighted by atomic mass is 10.1. The molecule has 0 atom stereocenters. The minimum absolute atomic E-state index is 0.178. The molecular weight excluding hydrogens is 264 g/mol. The fourth-order valence-corrected chi connectivity index (χ4v) is 2.05. The van der Waals surface area contributed by atoms with Crippen LogP contribution in [-0.2, 0) is 0 Å². The number of unbranched alkanes of at least 4 members (excludes halogenated alkanes) is 5. The van der Waals surface area contributed by atoms with Crippen LogP contribution in [0, 0.1) is 0 Å². The molecular formula is C15H21ClO3. The van der Waals surface area contributed by atoms with Gasteiger partial charge >= 0.3 is 5.97 Å². The maximum absolute atomic E-state index is 10.8. The molecule has 0 radical (unpaired) electrons. The second kappa shape index (κ2) is 8.81. The number of carbonyl (C=O) groups is 1. The first kappa shape index (κ1) is 15.8. The number of rotatable bonds is 9. The van der Waals surface area contributed by atoms with E-state index in [9.17, 15) is 4.79 Å². The van der Waals surface area contributed by atoms with Gasteiger partial charge in [-0.3, -0.25) is 0 Å². The lowest BCUT2D eigenvalue weighted by Gasteiger charge is -2.08. The minimum atomic E-state index is -0.982. The molecule has 0 fully saturated rings. The molecule has 0 aliphatic carbocycles. The molecule has 1 aromatic rings. The molecule has 1 aromatic carbocycles. The summed E-state index contributed by atoms with van der Waals surface area (Å²) in [5.41, 5.74) is 0.178. The molecule has 0 amide bonds. The smallest absolute Gasteiger partial charge is 0.335 e. The first-order valence-corrected chi connectivity index (χ1v) is 7.18. The zero-order valence-corrected chi connectivity index (χ0v) is 12.1. The van der Waals surface area contributed by atoms with Crippen molar-refractivity contribution in [1.82, 2.24) is 0 Å². The van der Waals surface area contributed by atoms with Crippen LogP contribution in [0.1, 0.15) is 55.8 Å². The third kappa shape index (κ3) is 5.97. The van der Waals surface area contributed by atoms with Gasteiger partial charge in [0.15, 0.2) is 0 Å². The highest BCUT2D eigenvalue weighted by Crippen LogP contribution is 2.25. The largest absolute Gasteiger partial charge is 0.492 e. The third-order valence-electron chi connectivity index (χ3n) is 2.93. The van der Waals surface area contributed by atoms with Crippen LogP contribution in [0.5, 0.6) is 5.75 Å². The van der Waals surface area contributed by atoms with E-state index in [1.54, 1.807) is 6.07 Å². The molecule has 0 saturated carbocycles. The van der Waals surface area contributed by atoms with E-state index >= 15 is 0 Å². The highest BCUT2D eigenvalue weighted by molar-refractivity contribution is 6.32. The first-order valence-electron chi connectivity index (χ1n) is 6.80. The van der Waals surface area contributed by atoms with Crippen molar-refractivity contribution in [3.05, 3.63) is 28.8 Å². The molecule has 106 valence electrons. The van der Waals surface area contributed by atoms with E-state index in [0.29, 0.717) is 17.4 Å².